The van der Waals surface area contributed by atoms with Crippen LogP contribution >= 0.6 is 0 Å². The predicted octanol–water partition coefficient (Wildman–Crippen LogP) is 1.37. The lowest BCUT2D eigenvalue weighted by Crippen LogP contribution is -2.51. The molecule has 86 valence electrons. The van der Waals surface area contributed by atoms with Crippen LogP contribution in [0.2, 0.25) is 0 Å². The predicted molar refractivity (Wildman–Crippen MR) is 37.6 cm³/mol. The molecule has 0 aromatic heterocycles. The van der Waals surface area contributed by atoms with Gasteiger partial charge in [-0.2, -0.15) is 26.3 Å². The largest absolute Gasteiger partial charge is 0.405 e. The molecule has 0 fully saturated rings. The van der Waals surface area contributed by atoms with E-state index in [9.17, 15) is 26.3 Å². The molecule has 2 N–H and O–H groups in total. The third-order valence-electron chi connectivity index (χ3n) is 1.56. The minimum absolute atomic E-state index is 0.139. The Bertz CT molecular complexity index is 174. The average Bonchev–Trinajstić information content (AvgIpc) is 1.79. The van der Waals surface area contributed by atoms with Gasteiger partial charge in [-0.15, -0.1) is 0 Å². The lowest BCUT2D eigenvalue weighted by atomic mass is 10.2. The zero-order chi connectivity index (χ0) is 11.6. The Morgan fingerprint density at radius 1 is 1.14 bits per heavy atom. The lowest BCUT2D eigenvalue weighted by Gasteiger charge is -2.29. The Balaban J connectivity index is 4.41. The first-order valence-electron chi connectivity index (χ1n) is 3.61. The van der Waals surface area contributed by atoms with Crippen LogP contribution in [-0.2, 0) is 0 Å². The Morgan fingerprint density at radius 3 is 1.79 bits per heavy atom. The molecule has 0 aliphatic carbocycles. The van der Waals surface area contributed by atoms with Crippen molar-refractivity contribution in [3.05, 3.63) is 0 Å². The van der Waals surface area contributed by atoms with Gasteiger partial charge >= 0.3 is 12.4 Å². The highest BCUT2D eigenvalue weighted by Gasteiger charge is 2.44. The topological polar surface area (TPSA) is 29.3 Å². The highest BCUT2D eigenvalue weighted by Crippen LogP contribution is 2.26. The second-order valence-electron chi connectivity index (χ2n) is 2.82. The van der Waals surface area contributed by atoms with Crippen molar-refractivity contribution in [1.29, 1.82) is 0 Å². The maximum Gasteiger partial charge on any atom is 0.405 e. The van der Waals surface area contributed by atoms with Gasteiger partial charge in [-0.3, -0.25) is 4.90 Å². The third-order valence-corrected chi connectivity index (χ3v) is 1.56. The summed E-state index contributed by atoms with van der Waals surface area (Å²) >= 11 is 0. The van der Waals surface area contributed by atoms with E-state index in [-0.39, 0.29) is 4.90 Å². The molecule has 2 nitrogen and oxygen atoms in total. The molecule has 0 aromatic rings. The van der Waals surface area contributed by atoms with E-state index in [0.717, 1.165) is 7.05 Å². The second-order valence-corrected chi connectivity index (χ2v) is 2.82. The van der Waals surface area contributed by atoms with Gasteiger partial charge in [-0.25, -0.2) is 0 Å². The summed E-state index contributed by atoms with van der Waals surface area (Å²) in [6, 6.07) is -2.26. The summed E-state index contributed by atoms with van der Waals surface area (Å²) < 4.78 is 71.4. The molecule has 0 aromatic carbocycles. The monoisotopic (exact) mass is 224 g/mol. The van der Waals surface area contributed by atoms with Gasteiger partial charge in [0.2, 0.25) is 0 Å². The van der Waals surface area contributed by atoms with Crippen LogP contribution in [-0.4, -0.2) is 43.4 Å². The summed E-state index contributed by atoms with van der Waals surface area (Å²) in [7, 11) is 0.735. The minimum atomic E-state index is -4.74. The van der Waals surface area contributed by atoms with Gasteiger partial charge in [0.25, 0.3) is 0 Å². The number of nitrogens with zero attached hydrogens (tertiary/aromatic N) is 1. The summed E-state index contributed by atoms with van der Waals surface area (Å²) in [4.78, 5) is 0.139. The van der Waals surface area contributed by atoms with E-state index in [1.807, 2.05) is 0 Å². The van der Waals surface area contributed by atoms with Crippen LogP contribution in [0.4, 0.5) is 26.3 Å². The fourth-order valence-corrected chi connectivity index (χ4v) is 0.956. The fourth-order valence-electron chi connectivity index (χ4n) is 0.956. The number of alkyl halides is 6. The molecule has 0 heterocycles. The Kier molecular flexibility index (Phi) is 4.19. The number of rotatable bonds is 3. The highest BCUT2D eigenvalue weighted by molar-refractivity contribution is 4.78. The van der Waals surface area contributed by atoms with Crippen molar-refractivity contribution in [3.63, 3.8) is 0 Å². The fraction of sp³-hybridized carbons (Fsp3) is 1.00. The minimum Gasteiger partial charge on any atom is -0.329 e. The molecule has 0 saturated heterocycles. The average molecular weight is 224 g/mol. The van der Waals surface area contributed by atoms with Gasteiger partial charge in [0.05, 0.1) is 6.54 Å². The first kappa shape index (κ1) is 13.5. The Labute approximate surface area is 76.7 Å². The second kappa shape index (κ2) is 4.35. The van der Waals surface area contributed by atoms with Crippen molar-refractivity contribution < 1.29 is 26.3 Å². The number of nitrogens with two attached hydrogens (primary N) is 1. The third kappa shape index (κ3) is 4.66. The van der Waals surface area contributed by atoms with Gasteiger partial charge in [0.1, 0.15) is 6.04 Å². The summed E-state index contributed by atoms with van der Waals surface area (Å²) in [5.74, 6) is 0. The standard InChI is InChI=1S/C6H10F6N2/c1-14(3-5(7,8)9)4(2-13)6(10,11)12/h4H,2-3,13H2,1H3. The maximum absolute atomic E-state index is 12.1. The molecular weight excluding hydrogens is 214 g/mol. The molecular formula is C6H10F6N2. The van der Waals surface area contributed by atoms with E-state index in [0.29, 0.717) is 0 Å². The summed E-state index contributed by atoms with van der Waals surface area (Å²) in [6.45, 7) is -2.52. The molecule has 0 bridgehead atoms. The first-order valence-corrected chi connectivity index (χ1v) is 3.61. The van der Waals surface area contributed by atoms with Crippen molar-refractivity contribution in [3.8, 4) is 0 Å². The summed E-state index contributed by atoms with van der Waals surface area (Å²) in [6.07, 6.45) is -9.40. The zero-order valence-corrected chi connectivity index (χ0v) is 7.28. The normalized spacial score (nSPS) is 16.1. The summed E-state index contributed by atoms with van der Waals surface area (Å²) in [5, 5.41) is 0. The molecule has 0 aliphatic heterocycles. The molecule has 0 amide bonds. The molecule has 8 heteroatoms. The van der Waals surface area contributed by atoms with E-state index in [4.69, 9.17) is 5.73 Å². The molecule has 0 spiro atoms. The van der Waals surface area contributed by atoms with E-state index < -0.39 is 31.5 Å². The maximum atomic E-state index is 12.1. The van der Waals surface area contributed by atoms with E-state index in [1.54, 1.807) is 0 Å². The molecule has 0 radical (unpaired) electrons. The van der Waals surface area contributed by atoms with Crippen LogP contribution in [0.3, 0.4) is 0 Å². The van der Waals surface area contributed by atoms with Gasteiger partial charge in [-0.05, 0) is 7.05 Å². The number of likely N-dealkylation sites (N-methyl/N-ethyl adjacent to an activating group) is 1. The summed E-state index contributed by atoms with van der Waals surface area (Å²) in [5.41, 5.74) is 4.75. The van der Waals surface area contributed by atoms with Gasteiger partial charge in [0.15, 0.2) is 0 Å². The highest BCUT2D eigenvalue weighted by atomic mass is 19.4. The van der Waals surface area contributed by atoms with Crippen molar-refractivity contribution in [1.82, 2.24) is 4.90 Å². The van der Waals surface area contributed by atoms with Crippen LogP contribution in [0.15, 0.2) is 0 Å². The van der Waals surface area contributed by atoms with Crippen LogP contribution in [0.1, 0.15) is 0 Å². The van der Waals surface area contributed by atoms with Crippen LogP contribution < -0.4 is 5.73 Å². The van der Waals surface area contributed by atoms with Gasteiger partial charge in [-0.1, -0.05) is 0 Å². The zero-order valence-electron chi connectivity index (χ0n) is 7.28. The van der Waals surface area contributed by atoms with E-state index in [1.165, 1.54) is 0 Å². The molecule has 0 rings (SSSR count). The quantitative estimate of drug-likeness (QED) is 0.733. The molecule has 1 atom stereocenters. The van der Waals surface area contributed by atoms with Crippen molar-refractivity contribution in [2.24, 2.45) is 5.73 Å². The molecule has 0 saturated carbocycles. The number of hydrogen-bond acceptors (Lipinski definition) is 2. The smallest absolute Gasteiger partial charge is 0.329 e. The molecule has 14 heavy (non-hydrogen) atoms. The molecule has 1 unspecified atom stereocenters. The van der Waals surface area contributed by atoms with Crippen molar-refractivity contribution in [2.75, 3.05) is 20.1 Å². The van der Waals surface area contributed by atoms with Gasteiger partial charge < -0.3 is 5.73 Å². The molecule has 0 aliphatic rings. The first-order chi connectivity index (χ1) is 6.08. The number of halogens is 6. The van der Waals surface area contributed by atoms with Gasteiger partial charge in [0, 0.05) is 6.54 Å². The van der Waals surface area contributed by atoms with Crippen LogP contribution in [0, 0.1) is 0 Å². The van der Waals surface area contributed by atoms with E-state index >= 15 is 0 Å². The van der Waals surface area contributed by atoms with E-state index in [2.05, 4.69) is 0 Å². The SMILES string of the molecule is CN(CC(F)(F)F)C(CN)C(F)(F)F. The number of hydrogen-bond donors (Lipinski definition) is 1. The lowest BCUT2D eigenvalue weighted by molar-refractivity contribution is -0.202. The van der Waals surface area contributed by atoms with Crippen LogP contribution in [0.25, 0.3) is 0 Å². The Hall–Kier alpha value is -0.500. The van der Waals surface area contributed by atoms with Crippen molar-refractivity contribution in [2.45, 2.75) is 18.4 Å². The van der Waals surface area contributed by atoms with Crippen molar-refractivity contribution >= 4 is 0 Å². The Morgan fingerprint density at radius 2 is 1.57 bits per heavy atom. The van der Waals surface area contributed by atoms with Crippen LogP contribution in [0.5, 0.6) is 0 Å².